The molecule has 3 aromatic carbocycles. The van der Waals surface area contributed by atoms with E-state index in [0.717, 1.165) is 0 Å². The molecule has 0 radical (unpaired) electrons. The number of aryl methyl sites for hydroxylation is 1. The van der Waals surface area contributed by atoms with Crippen LogP contribution >= 0.6 is 38.6 Å². The third kappa shape index (κ3) is 1.79. The molecule has 5 aromatic rings. The zero-order valence-electron chi connectivity index (χ0n) is 11.8. The summed E-state index contributed by atoms with van der Waals surface area (Å²) in [6, 6.07) is 18.2. The van der Waals surface area contributed by atoms with E-state index in [1.54, 1.807) is 11.3 Å². The van der Waals surface area contributed by atoms with Crippen LogP contribution < -0.4 is 0 Å². The number of rotatable bonds is 0. The quantitative estimate of drug-likeness (QED) is 0.243. The maximum Gasteiger partial charge on any atom is 0.0711 e. The van der Waals surface area contributed by atoms with Crippen LogP contribution in [0.15, 0.2) is 52.3 Å². The average Bonchev–Trinajstić information content (AvgIpc) is 3.06. The molecule has 0 nitrogen and oxygen atoms in total. The molecule has 0 atom stereocenters. The minimum Gasteiger partial charge on any atom is -0.141 e. The summed E-state index contributed by atoms with van der Waals surface area (Å²) >= 11 is 7.29. The highest BCUT2D eigenvalue weighted by molar-refractivity contribution is 9.11. The summed E-state index contributed by atoms with van der Waals surface area (Å²) in [5.41, 5.74) is 0. The van der Waals surface area contributed by atoms with E-state index in [9.17, 15) is 0 Å². The third-order valence-corrected chi connectivity index (χ3v) is 6.86. The highest BCUT2D eigenvalue weighted by Crippen LogP contribution is 2.38. The van der Waals surface area contributed by atoms with Gasteiger partial charge in [0.15, 0.2) is 0 Å². The fraction of sp³-hybridized carbons (Fsp3) is 0.0526. The van der Waals surface area contributed by atoms with Gasteiger partial charge in [0, 0.05) is 25.0 Å². The molecule has 0 saturated heterocycles. The predicted octanol–water partition coefficient (Wildman–Crippen LogP) is 7.49. The molecule has 0 spiro atoms. The zero-order valence-corrected chi connectivity index (χ0v) is 15.0. The second-order valence-electron chi connectivity index (χ2n) is 5.66. The van der Waals surface area contributed by atoms with Crippen molar-refractivity contribution < 1.29 is 0 Å². The Morgan fingerprint density at radius 1 is 0.682 bits per heavy atom. The van der Waals surface area contributed by atoms with E-state index in [-0.39, 0.29) is 0 Å². The molecule has 0 amide bonds. The average molecular weight is 383 g/mol. The van der Waals surface area contributed by atoms with Gasteiger partial charge in [-0.05, 0) is 80.8 Å². The smallest absolute Gasteiger partial charge is 0.0711 e. The van der Waals surface area contributed by atoms with E-state index in [4.69, 9.17) is 0 Å². The molecular weight excluding hydrogens is 372 g/mol. The predicted molar refractivity (Wildman–Crippen MR) is 105 cm³/mol. The van der Waals surface area contributed by atoms with Crippen molar-refractivity contribution in [2.24, 2.45) is 0 Å². The van der Waals surface area contributed by atoms with Crippen molar-refractivity contribution in [3.8, 4) is 0 Å². The minimum atomic E-state index is 1.19. The van der Waals surface area contributed by atoms with Crippen LogP contribution in [-0.2, 0) is 0 Å². The van der Waals surface area contributed by atoms with Gasteiger partial charge in [0.2, 0.25) is 0 Å². The van der Waals surface area contributed by atoms with E-state index in [2.05, 4.69) is 71.4 Å². The van der Waals surface area contributed by atoms with Gasteiger partial charge >= 0.3 is 0 Å². The number of halogens is 1. The first-order chi connectivity index (χ1) is 10.7. The molecule has 0 aliphatic heterocycles. The maximum atomic E-state index is 3.62. The summed E-state index contributed by atoms with van der Waals surface area (Å²) in [4.78, 5) is 1.37. The van der Waals surface area contributed by atoms with E-state index in [1.165, 1.54) is 50.4 Å². The zero-order chi connectivity index (χ0) is 14.8. The van der Waals surface area contributed by atoms with E-state index in [0.29, 0.717) is 0 Å². The molecule has 3 heteroatoms. The van der Waals surface area contributed by atoms with Crippen molar-refractivity contribution >= 4 is 80.3 Å². The SMILES string of the molecule is Cc1cc2c(ccc3cc4c(ccc5sc(Br)cc54)cc32)s1. The molecule has 0 fully saturated rings. The molecule has 0 saturated carbocycles. The Labute approximate surface area is 144 Å². The number of thiophene rings is 2. The molecule has 5 rings (SSSR count). The van der Waals surface area contributed by atoms with Crippen LogP contribution in [0.3, 0.4) is 0 Å². The normalized spacial score (nSPS) is 12.1. The van der Waals surface area contributed by atoms with Gasteiger partial charge in [-0.25, -0.2) is 0 Å². The molecule has 0 aliphatic rings. The van der Waals surface area contributed by atoms with Crippen LogP contribution in [0.25, 0.3) is 41.7 Å². The van der Waals surface area contributed by atoms with Crippen molar-refractivity contribution in [2.45, 2.75) is 6.92 Å². The minimum absolute atomic E-state index is 1.19. The van der Waals surface area contributed by atoms with Crippen LogP contribution in [0.1, 0.15) is 4.88 Å². The monoisotopic (exact) mass is 382 g/mol. The molecule has 0 bridgehead atoms. The van der Waals surface area contributed by atoms with Gasteiger partial charge in [-0.1, -0.05) is 12.1 Å². The number of benzene rings is 3. The van der Waals surface area contributed by atoms with Crippen molar-refractivity contribution in [3.05, 3.63) is 57.2 Å². The van der Waals surface area contributed by atoms with Crippen molar-refractivity contribution in [3.63, 3.8) is 0 Å². The second kappa shape index (κ2) is 4.54. The Balaban J connectivity index is 2.00. The topological polar surface area (TPSA) is 0 Å². The maximum absolute atomic E-state index is 3.62. The summed E-state index contributed by atoms with van der Waals surface area (Å²) in [6.45, 7) is 2.18. The Morgan fingerprint density at radius 3 is 1.95 bits per heavy atom. The van der Waals surface area contributed by atoms with E-state index in [1.807, 2.05) is 11.3 Å². The molecular formula is C19H11BrS2. The highest BCUT2D eigenvalue weighted by atomic mass is 79.9. The van der Waals surface area contributed by atoms with Gasteiger partial charge in [0.1, 0.15) is 0 Å². The fourth-order valence-corrected chi connectivity index (χ4v) is 5.77. The molecule has 0 aliphatic carbocycles. The Bertz CT molecular complexity index is 1100. The molecule has 106 valence electrons. The van der Waals surface area contributed by atoms with Crippen LogP contribution in [0.4, 0.5) is 0 Å². The molecule has 0 N–H and O–H groups in total. The lowest BCUT2D eigenvalue weighted by Gasteiger charge is -2.05. The number of fused-ring (bicyclic) bond motifs is 6. The van der Waals surface area contributed by atoms with Crippen LogP contribution in [-0.4, -0.2) is 0 Å². The lowest BCUT2D eigenvalue weighted by molar-refractivity contribution is 1.66. The Kier molecular flexibility index (Phi) is 2.70. The molecule has 2 heterocycles. The van der Waals surface area contributed by atoms with Crippen LogP contribution in [0, 0.1) is 6.92 Å². The second-order valence-corrected chi connectivity index (χ2v) is 9.41. The standard InChI is InChI=1S/C19H11BrS2/c1-10-6-15-13-7-12-3-5-18-16(9-19(20)22-18)14(12)8-11(13)2-4-17(15)21-10/h2-9H,1H3. The van der Waals surface area contributed by atoms with Gasteiger partial charge in [0.05, 0.1) is 3.79 Å². The van der Waals surface area contributed by atoms with Crippen molar-refractivity contribution in [2.75, 3.05) is 0 Å². The summed E-state index contributed by atoms with van der Waals surface area (Å²) in [6.07, 6.45) is 0. The van der Waals surface area contributed by atoms with Gasteiger partial charge in [-0.15, -0.1) is 22.7 Å². The molecule has 0 unspecified atom stereocenters. The van der Waals surface area contributed by atoms with Gasteiger partial charge in [0.25, 0.3) is 0 Å². The van der Waals surface area contributed by atoms with Crippen LogP contribution in [0.2, 0.25) is 0 Å². The lowest BCUT2D eigenvalue weighted by atomic mass is 9.99. The largest absolute Gasteiger partial charge is 0.141 e. The third-order valence-electron chi connectivity index (χ3n) is 4.25. The Hall–Kier alpha value is -1.42. The first-order valence-electron chi connectivity index (χ1n) is 7.14. The van der Waals surface area contributed by atoms with E-state index < -0.39 is 0 Å². The first kappa shape index (κ1) is 13.1. The molecule has 2 aromatic heterocycles. The summed E-state index contributed by atoms with van der Waals surface area (Å²) in [5, 5.41) is 8.09. The van der Waals surface area contributed by atoms with Gasteiger partial charge < -0.3 is 0 Å². The molecule has 22 heavy (non-hydrogen) atoms. The van der Waals surface area contributed by atoms with Gasteiger partial charge in [-0.3, -0.25) is 0 Å². The number of hydrogen-bond acceptors (Lipinski definition) is 2. The highest BCUT2D eigenvalue weighted by Gasteiger charge is 2.09. The van der Waals surface area contributed by atoms with Crippen LogP contribution in [0.5, 0.6) is 0 Å². The van der Waals surface area contributed by atoms with Crippen molar-refractivity contribution in [1.29, 1.82) is 0 Å². The summed E-state index contributed by atoms with van der Waals surface area (Å²) in [5.74, 6) is 0. The lowest BCUT2D eigenvalue weighted by Crippen LogP contribution is -1.78. The Morgan fingerprint density at radius 2 is 1.27 bits per heavy atom. The first-order valence-corrected chi connectivity index (χ1v) is 9.56. The number of hydrogen-bond donors (Lipinski definition) is 0. The van der Waals surface area contributed by atoms with Gasteiger partial charge in [-0.2, -0.15) is 0 Å². The van der Waals surface area contributed by atoms with Crippen molar-refractivity contribution in [1.82, 2.24) is 0 Å². The summed E-state index contributed by atoms with van der Waals surface area (Å²) in [7, 11) is 0. The fourth-order valence-electron chi connectivity index (χ4n) is 3.28. The van der Waals surface area contributed by atoms with E-state index >= 15 is 0 Å². The summed E-state index contributed by atoms with van der Waals surface area (Å²) < 4.78 is 3.91.